The van der Waals surface area contributed by atoms with Gasteiger partial charge in [0.25, 0.3) is 5.91 Å². The molecule has 1 amide bonds. The zero-order valence-electron chi connectivity index (χ0n) is 9.08. The van der Waals surface area contributed by atoms with Crippen LogP contribution in [0.2, 0.25) is 0 Å². The number of nitrogens with one attached hydrogen (secondary N) is 2. The van der Waals surface area contributed by atoms with Gasteiger partial charge in [-0.05, 0) is 31.1 Å². The Bertz CT molecular complexity index is 492. The number of H-pyrrole nitrogens is 1. The number of hydrogen-bond acceptors (Lipinski definition) is 2. The van der Waals surface area contributed by atoms with Crippen molar-refractivity contribution in [2.24, 2.45) is 10.5 Å². The molecule has 1 aliphatic carbocycles. The van der Waals surface area contributed by atoms with Gasteiger partial charge >= 0.3 is 0 Å². The topological polar surface area (TPSA) is 57.2 Å². The standard InChI is InChI=1S/C12H13N3O/c1-12(4-5-12)10-9(11(16)15-14-10)7-8-3-2-6-13-8/h2-3,6-7,13H,4-5H2,1H3,(H,15,16)/b9-7+. The highest BCUT2D eigenvalue weighted by molar-refractivity contribution is 6.29. The SMILES string of the molecule is CC1(C2=NNC(=O)/C2=C/c2ccc[nH]2)CC1. The van der Waals surface area contributed by atoms with Gasteiger partial charge in [0.05, 0.1) is 11.3 Å². The van der Waals surface area contributed by atoms with Crippen molar-refractivity contribution < 1.29 is 4.79 Å². The van der Waals surface area contributed by atoms with Crippen LogP contribution in [0.1, 0.15) is 25.5 Å². The quantitative estimate of drug-likeness (QED) is 0.724. The predicted molar refractivity (Wildman–Crippen MR) is 61.7 cm³/mol. The van der Waals surface area contributed by atoms with Crippen LogP contribution in [0.25, 0.3) is 6.08 Å². The molecule has 16 heavy (non-hydrogen) atoms. The minimum atomic E-state index is -0.0993. The van der Waals surface area contributed by atoms with Crippen molar-refractivity contribution in [3.63, 3.8) is 0 Å². The Labute approximate surface area is 93.4 Å². The average molecular weight is 215 g/mol. The van der Waals surface area contributed by atoms with Crippen molar-refractivity contribution >= 4 is 17.7 Å². The van der Waals surface area contributed by atoms with Crippen molar-refractivity contribution in [1.82, 2.24) is 10.4 Å². The van der Waals surface area contributed by atoms with Gasteiger partial charge < -0.3 is 4.98 Å². The van der Waals surface area contributed by atoms with E-state index in [4.69, 9.17) is 0 Å². The summed E-state index contributed by atoms with van der Waals surface area (Å²) < 4.78 is 0. The molecule has 1 aliphatic heterocycles. The summed E-state index contributed by atoms with van der Waals surface area (Å²) in [5.74, 6) is -0.0993. The monoisotopic (exact) mass is 215 g/mol. The van der Waals surface area contributed by atoms with E-state index in [1.54, 1.807) is 0 Å². The summed E-state index contributed by atoms with van der Waals surface area (Å²) in [7, 11) is 0. The van der Waals surface area contributed by atoms with Gasteiger partial charge in [0.15, 0.2) is 0 Å². The van der Waals surface area contributed by atoms with Gasteiger partial charge in [-0.3, -0.25) is 4.79 Å². The molecule has 2 aliphatic rings. The van der Waals surface area contributed by atoms with Gasteiger partial charge in [0, 0.05) is 17.3 Å². The van der Waals surface area contributed by atoms with E-state index < -0.39 is 0 Å². The molecule has 1 saturated carbocycles. The fraction of sp³-hybridized carbons (Fsp3) is 0.333. The summed E-state index contributed by atoms with van der Waals surface area (Å²) in [5.41, 5.74) is 5.19. The number of carbonyl (C=O) groups is 1. The number of aromatic amines is 1. The molecule has 0 saturated heterocycles. The highest BCUT2D eigenvalue weighted by Gasteiger charge is 2.47. The first-order valence-electron chi connectivity index (χ1n) is 5.43. The van der Waals surface area contributed by atoms with E-state index in [0.29, 0.717) is 5.57 Å². The van der Waals surface area contributed by atoms with Gasteiger partial charge in [-0.1, -0.05) is 6.92 Å². The lowest BCUT2D eigenvalue weighted by Crippen LogP contribution is -2.17. The molecule has 4 heteroatoms. The molecule has 1 fully saturated rings. The summed E-state index contributed by atoms with van der Waals surface area (Å²) in [5, 5.41) is 4.15. The number of aromatic nitrogens is 1. The van der Waals surface area contributed by atoms with Crippen LogP contribution < -0.4 is 5.43 Å². The van der Waals surface area contributed by atoms with Crippen LogP contribution in [-0.2, 0) is 4.79 Å². The third kappa shape index (κ3) is 1.38. The maximum atomic E-state index is 11.7. The summed E-state index contributed by atoms with van der Waals surface area (Å²) in [6, 6.07) is 3.85. The predicted octanol–water partition coefficient (Wildman–Crippen LogP) is 1.68. The van der Waals surface area contributed by atoms with E-state index in [-0.39, 0.29) is 11.3 Å². The fourth-order valence-corrected chi connectivity index (χ4v) is 1.94. The molecule has 0 unspecified atom stereocenters. The molecule has 0 radical (unpaired) electrons. The molecule has 82 valence electrons. The van der Waals surface area contributed by atoms with Gasteiger partial charge in [-0.25, -0.2) is 5.43 Å². The molecular weight excluding hydrogens is 202 g/mol. The average Bonchev–Trinajstić information content (AvgIpc) is 2.70. The molecule has 1 aromatic rings. The molecule has 0 spiro atoms. The second-order valence-electron chi connectivity index (χ2n) is 4.65. The molecule has 2 heterocycles. The third-order valence-corrected chi connectivity index (χ3v) is 3.26. The third-order valence-electron chi connectivity index (χ3n) is 3.26. The number of hydrogen-bond donors (Lipinski definition) is 2. The molecule has 0 bridgehead atoms. The summed E-state index contributed by atoms with van der Waals surface area (Å²) >= 11 is 0. The van der Waals surface area contributed by atoms with E-state index >= 15 is 0 Å². The van der Waals surface area contributed by atoms with Crippen LogP contribution in [0.5, 0.6) is 0 Å². The minimum Gasteiger partial charge on any atom is -0.362 e. The van der Waals surface area contributed by atoms with E-state index in [2.05, 4.69) is 22.4 Å². The molecular formula is C12H13N3O. The van der Waals surface area contributed by atoms with Crippen molar-refractivity contribution in [3.05, 3.63) is 29.6 Å². The van der Waals surface area contributed by atoms with Crippen molar-refractivity contribution in [1.29, 1.82) is 0 Å². The van der Waals surface area contributed by atoms with Crippen LogP contribution in [0.3, 0.4) is 0 Å². The summed E-state index contributed by atoms with van der Waals surface area (Å²) in [6.45, 7) is 2.15. The van der Waals surface area contributed by atoms with Crippen molar-refractivity contribution in [2.45, 2.75) is 19.8 Å². The second kappa shape index (κ2) is 3.07. The lowest BCUT2D eigenvalue weighted by molar-refractivity contribution is -0.116. The van der Waals surface area contributed by atoms with Crippen molar-refractivity contribution in [3.8, 4) is 0 Å². The number of amides is 1. The van der Waals surface area contributed by atoms with Gasteiger partial charge in [0.1, 0.15) is 0 Å². The van der Waals surface area contributed by atoms with Gasteiger partial charge in [-0.2, -0.15) is 5.10 Å². The van der Waals surface area contributed by atoms with E-state index in [9.17, 15) is 4.79 Å². The van der Waals surface area contributed by atoms with Crippen LogP contribution in [-0.4, -0.2) is 16.6 Å². The van der Waals surface area contributed by atoms with Crippen LogP contribution in [0, 0.1) is 5.41 Å². The Morgan fingerprint density at radius 2 is 2.31 bits per heavy atom. The van der Waals surface area contributed by atoms with E-state index in [1.807, 2.05) is 24.4 Å². The molecule has 2 N–H and O–H groups in total. The maximum absolute atomic E-state index is 11.7. The van der Waals surface area contributed by atoms with Crippen LogP contribution >= 0.6 is 0 Å². The lowest BCUT2D eigenvalue weighted by atomic mass is 9.95. The normalized spacial score (nSPS) is 24.4. The Morgan fingerprint density at radius 3 is 2.94 bits per heavy atom. The smallest absolute Gasteiger partial charge is 0.273 e. The minimum absolute atomic E-state index is 0.0993. The second-order valence-corrected chi connectivity index (χ2v) is 4.65. The van der Waals surface area contributed by atoms with Gasteiger partial charge in [-0.15, -0.1) is 0 Å². The number of hydrazone groups is 1. The zero-order valence-corrected chi connectivity index (χ0v) is 9.08. The first kappa shape index (κ1) is 9.39. The van der Waals surface area contributed by atoms with Crippen LogP contribution in [0.15, 0.2) is 29.0 Å². The highest BCUT2D eigenvalue weighted by Crippen LogP contribution is 2.49. The summed E-state index contributed by atoms with van der Waals surface area (Å²) in [4.78, 5) is 14.7. The molecule has 0 atom stereocenters. The molecule has 3 rings (SSSR count). The number of nitrogens with zero attached hydrogens (tertiary/aromatic N) is 1. The van der Waals surface area contributed by atoms with Gasteiger partial charge in [0.2, 0.25) is 0 Å². The Morgan fingerprint density at radius 1 is 1.50 bits per heavy atom. The maximum Gasteiger partial charge on any atom is 0.273 e. The number of rotatable bonds is 2. The van der Waals surface area contributed by atoms with Crippen LogP contribution in [0.4, 0.5) is 0 Å². The Kier molecular flexibility index (Phi) is 1.80. The lowest BCUT2D eigenvalue weighted by Gasteiger charge is -2.07. The molecule has 0 aromatic carbocycles. The zero-order chi connectivity index (χ0) is 11.2. The fourth-order valence-electron chi connectivity index (χ4n) is 1.94. The van der Waals surface area contributed by atoms with E-state index in [0.717, 1.165) is 24.2 Å². The highest BCUT2D eigenvalue weighted by atomic mass is 16.2. The summed E-state index contributed by atoms with van der Waals surface area (Å²) in [6.07, 6.45) is 5.94. The Hall–Kier alpha value is -1.84. The first-order chi connectivity index (χ1) is 7.69. The largest absolute Gasteiger partial charge is 0.362 e. The van der Waals surface area contributed by atoms with Crippen molar-refractivity contribution in [2.75, 3.05) is 0 Å². The molecule has 4 nitrogen and oxygen atoms in total. The number of carbonyl (C=O) groups excluding carboxylic acids is 1. The Balaban J connectivity index is 1.99. The van der Waals surface area contributed by atoms with E-state index in [1.165, 1.54) is 0 Å². The molecule has 1 aromatic heterocycles. The first-order valence-corrected chi connectivity index (χ1v) is 5.43.